The van der Waals surface area contributed by atoms with Crippen molar-refractivity contribution < 1.29 is 4.79 Å². The van der Waals surface area contributed by atoms with Crippen LogP contribution in [0.2, 0.25) is 0 Å². The molecule has 0 atom stereocenters. The van der Waals surface area contributed by atoms with Crippen LogP contribution < -0.4 is 0 Å². The number of nitrogens with zero attached hydrogens (tertiary/aromatic N) is 1. The Hall–Kier alpha value is -0.480. The minimum absolute atomic E-state index is 0.147. The van der Waals surface area contributed by atoms with Gasteiger partial charge in [-0.2, -0.15) is 11.8 Å². The van der Waals surface area contributed by atoms with Gasteiger partial charge in [-0.1, -0.05) is 26.0 Å². The SMILES string of the molecule is Cc1cccc(C(=O)N2CCSC(C)(C)CC2)c1Br. The van der Waals surface area contributed by atoms with Crippen molar-refractivity contribution in [3.8, 4) is 0 Å². The Kier molecular flexibility index (Phi) is 4.62. The molecule has 0 bridgehead atoms. The third-order valence-electron chi connectivity index (χ3n) is 3.55. The lowest BCUT2D eigenvalue weighted by Crippen LogP contribution is -2.33. The predicted molar refractivity (Wildman–Crippen MR) is 85.9 cm³/mol. The maximum atomic E-state index is 12.6. The van der Waals surface area contributed by atoms with E-state index in [2.05, 4.69) is 29.8 Å². The number of thioether (sulfide) groups is 1. The Labute approximate surface area is 128 Å². The van der Waals surface area contributed by atoms with Gasteiger partial charge in [0.1, 0.15) is 0 Å². The fraction of sp³-hybridized carbons (Fsp3) is 0.533. The van der Waals surface area contributed by atoms with Gasteiger partial charge in [0.25, 0.3) is 5.91 Å². The molecule has 1 aromatic carbocycles. The molecule has 0 aromatic heterocycles. The maximum Gasteiger partial charge on any atom is 0.255 e. The first-order chi connectivity index (χ1) is 8.91. The van der Waals surface area contributed by atoms with Crippen molar-refractivity contribution in [1.29, 1.82) is 0 Å². The Morgan fingerprint density at radius 3 is 2.84 bits per heavy atom. The van der Waals surface area contributed by atoms with Gasteiger partial charge in [-0.25, -0.2) is 0 Å². The third-order valence-corrected chi connectivity index (χ3v) is 5.97. The normalized spacial score (nSPS) is 19.1. The summed E-state index contributed by atoms with van der Waals surface area (Å²) in [5.74, 6) is 1.16. The molecule has 0 saturated carbocycles. The van der Waals surface area contributed by atoms with E-state index >= 15 is 0 Å². The highest BCUT2D eigenvalue weighted by Crippen LogP contribution is 2.31. The zero-order valence-corrected chi connectivity index (χ0v) is 14.1. The molecule has 2 rings (SSSR count). The van der Waals surface area contributed by atoms with Crippen molar-refractivity contribution in [3.63, 3.8) is 0 Å². The highest BCUT2D eigenvalue weighted by molar-refractivity contribution is 9.10. The monoisotopic (exact) mass is 341 g/mol. The molecule has 1 fully saturated rings. The van der Waals surface area contributed by atoms with Gasteiger partial charge in [0.2, 0.25) is 0 Å². The Morgan fingerprint density at radius 2 is 2.11 bits per heavy atom. The Morgan fingerprint density at radius 1 is 1.37 bits per heavy atom. The average Bonchev–Trinajstić information content (AvgIpc) is 2.53. The molecule has 0 aliphatic carbocycles. The number of hydrogen-bond acceptors (Lipinski definition) is 2. The summed E-state index contributed by atoms with van der Waals surface area (Å²) < 4.78 is 1.20. The number of rotatable bonds is 1. The van der Waals surface area contributed by atoms with Gasteiger partial charge >= 0.3 is 0 Å². The van der Waals surface area contributed by atoms with E-state index in [0.717, 1.165) is 40.9 Å². The predicted octanol–water partition coefficient (Wildman–Crippen LogP) is 4.12. The molecule has 4 heteroatoms. The van der Waals surface area contributed by atoms with Gasteiger partial charge in [0.05, 0.1) is 5.56 Å². The lowest BCUT2D eigenvalue weighted by Gasteiger charge is -2.23. The van der Waals surface area contributed by atoms with Gasteiger partial charge in [0, 0.05) is 28.1 Å². The molecule has 0 spiro atoms. The van der Waals surface area contributed by atoms with Gasteiger partial charge in [-0.15, -0.1) is 0 Å². The summed E-state index contributed by atoms with van der Waals surface area (Å²) in [5.41, 5.74) is 1.89. The van der Waals surface area contributed by atoms with Gasteiger partial charge < -0.3 is 4.90 Å². The molecule has 104 valence electrons. The van der Waals surface area contributed by atoms with Crippen molar-refractivity contribution in [2.75, 3.05) is 18.8 Å². The molecule has 1 saturated heterocycles. The number of carbonyl (C=O) groups is 1. The van der Waals surface area contributed by atoms with Crippen molar-refractivity contribution >= 4 is 33.6 Å². The molecule has 1 aromatic rings. The van der Waals surface area contributed by atoms with Crippen molar-refractivity contribution in [3.05, 3.63) is 33.8 Å². The molecule has 0 N–H and O–H groups in total. The van der Waals surface area contributed by atoms with Crippen LogP contribution in [0.5, 0.6) is 0 Å². The van der Waals surface area contributed by atoms with Gasteiger partial charge in [-0.3, -0.25) is 4.79 Å². The van der Waals surface area contributed by atoms with Gasteiger partial charge in [-0.05, 0) is 40.9 Å². The first-order valence-electron chi connectivity index (χ1n) is 6.59. The van der Waals surface area contributed by atoms with Gasteiger partial charge in [0.15, 0.2) is 0 Å². The average molecular weight is 342 g/mol. The first-order valence-corrected chi connectivity index (χ1v) is 8.37. The van der Waals surface area contributed by atoms with Crippen LogP contribution in [0.25, 0.3) is 0 Å². The maximum absolute atomic E-state index is 12.6. The van der Waals surface area contributed by atoms with Crippen LogP contribution in [0.4, 0.5) is 0 Å². The summed E-state index contributed by atoms with van der Waals surface area (Å²) in [4.78, 5) is 14.6. The summed E-state index contributed by atoms with van der Waals surface area (Å²) in [6, 6.07) is 5.87. The lowest BCUT2D eigenvalue weighted by molar-refractivity contribution is 0.0763. The number of halogens is 1. The van der Waals surface area contributed by atoms with E-state index in [-0.39, 0.29) is 10.7 Å². The summed E-state index contributed by atoms with van der Waals surface area (Å²) in [6.45, 7) is 8.22. The topological polar surface area (TPSA) is 20.3 Å². The molecule has 0 radical (unpaired) electrons. The van der Waals surface area contributed by atoms with Crippen molar-refractivity contribution in [1.82, 2.24) is 4.90 Å². The minimum Gasteiger partial charge on any atom is -0.338 e. The van der Waals surface area contributed by atoms with E-state index in [9.17, 15) is 4.79 Å². The highest BCUT2D eigenvalue weighted by atomic mass is 79.9. The summed E-state index contributed by atoms with van der Waals surface area (Å²) in [7, 11) is 0. The second-order valence-electron chi connectivity index (χ2n) is 5.59. The van der Waals surface area contributed by atoms with E-state index in [1.54, 1.807) is 0 Å². The van der Waals surface area contributed by atoms with E-state index in [4.69, 9.17) is 0 Å². The summed E-state index contributed by atoms with van der Waals surface area (Å²) >= 11 is 5.50. The van der Waals surface area contributed by atoms with E-state index in [1.165, 1.54) is 0 Å². The van der Waals surface area contributed by atoms with Crippen molar-refractivity contribution in [2.45, 2.75) is 31.9 Å². The van der Waals surface area contributed by atoms with E-state index < -0.39 is 0 Å². The number of benzene rings is 1. The minimum atomic E-state index is 0.147. The van der Waals surface area contributed by atoms with Crippen LogP contribution >= 0.6 is 27.7 Å². The van der Waals surface area contributed by atoms with Crippen LogP contribution in [-0.2, 0) is 0 Å². The molecule has 0 unspecified atom stereocenters. The third kappa shape index (κ3) is 3.54. The van der Waals surface area contributed by atoms with Crippen LogP contribution in [0, 0.1) is 6.92 Å². The quantitative estimate of drug-likeness (QED) is 0.765. The van der Waals surface area contributed by atoms with Crippen LogP contribution in [0.15, 0.2) is 22.7 Å². The zero-order valence-electron chi connectivity index (χ0n) is 11.7. The van der Waals surface area contributed by atoms with Crippen molar-refractivity contribution in [2.24, 2.45) is 0 Å². The zero-order chi connectivity index (χ0) is 14.0. The number of amides is 1. The molecular formula is C15H20BrNOS. The van der Waals surface area contributed by atoms with Crippen LogP contribution in [0.3, 0.4) is 0 Å². The fourth-order valence-corrected chi connectivity index (χ4v) is 3.74. The van der Waals surface area contributed by atoms with E-state index in [1.807, 2.05) is 41.8 Å². The second kappa shape index (κ2) is 5.88. The number of hydrogen-bond donors (Lipinski definition) is 0. The number of carbonyl (C=O) groups excluding carboxylic acids is 1. The van der Waals surface area contributed by atoms with Crippen LogP contribution in [-0.4, -0.2) is 34.4 Å². The second-order valence-corrected chi connectivity index (χ2v) is 8.18. The standard InChI is InChI=1S/C15H20BrNOS/c1-11-5-4-6-12(13(11)16)14(18)17-8-7-15(2,3)19-10-9-17/h4-6H,7-10H2,1-3H3. The Bertz CT molecular complexity index is 487. The first kappa shape index (κ1) is 14.9. The highest BCUT2D eigenvalue weighted by Gasteiger charge is 2.27. The molecule has 1 amide bonds. The van der Waals surface area contributed by atoms with E-state index in [0.29, 0.717) is 0 Å². The molecule has 1 aliphatic heterocycles. The molecule has 1 aliphatic rings. The summed E-state index contributed by atoms with van der Waals surface area (Å²) in [6.07, 6.45) is 1.05. The van der Waals surface area contributed by atoms with Crippen LogP contribution in [0.1, 0.15) is 36.2 Å². The smallest absolute Gasteiger partial charge is 0.255 e. The molecule has 1 heterocycles. The Balaban J connectivity index is 2.18. The largest absolute Gasteiger partial charge is 0.338 e. The fourth-order valence-electron chi connectivity index (χ4n) is 2.21. The molecular weight excluding hydrogens is 322 g/mol. The number of aryl methyl sites for hydroxylation is 1. The molecule has 19 heavy (non-hydrogen) atoms. The lowest BCUT2D eigenvalue weighted by atomic mass is 10.1. The summed E-state index contributed by atoms with van der Waals surface area (Å²) in [5, 5.41) is 0. The molecule has 2 nitrogen and oxygen atoms in total.